The van der Waals surface area contributed by atoms with E-state index in [4.69, 9.17) is 0 Å². The molecule has 2 rings (SSSR count). The minimum atomic E-state index is 0.314. The van der Waals surface area contributed by atoms with Gasteiger partial charge in [-0.25, -0.2) is 4.98 Å². The van der Waals surface area contributed by atoms with Crippen molar-refractivity contribution in [1.82, 2.24) is 4.98 Å². The Hall–Kier alpha value is -1.35. The van der Waals surface area contributed by atoms with Gasteiger partial charge in [0.1, 0.15) is 5.01 Å². The van der Waals surface area contributed by atoms with Crippen LogP contribution in [0.15, 0.2) is 18.2 Å². The van der Waals surface area contributed by atoms with Crippen LogP contribution in [0.25, 0.3) is 10.6 Å². The molecule has 0 radical (unpaired) electrons. The molecule has 0 saturated carbocycles. The van der Waals surface area contributed by atoms with Gasteiger partial charge < -0.3 is 5.11 Å². The van der Waals surface area contributed by atoms with Crippen molar-refractivity contribution in [3.8, 4) is 15.6 Å². The van der Waals surface area contributed by atoms with Crippen molar-refractivity contribution in [2.75, 3.05) is 0 Å². The molecule has 0 atom stereocenters. The zero-order valence-electron chi connectivity index (χ0n) is 10.6. The molecule has 0 aliphatic heterocycles. The Balaban J connectivity index is 2.54. The van der Waals surface area contributed by atoms with E-state index < -0.39 is 0 Å². The Morgan fingerprint density at radius 1 is 1.24 bits per heavy atom. The monoisotopic (exact) mass is 247 g/mol. The van der Waals surface area contributed by atoms with Crippen LogP contribution in [0.3, 0.4) is 0 Å². The van der Waals surface area contributed by atoms with Crippen LogP contribution in [0.1, 0.15) is 36.6 Å². The van der Waals surface area contributed by atoms with Crippen LogP contribution >= 0.6 is 11.3 Å². The van der Waals surface area contributed by atoms with Crippen molar-refractivity contribution < 1.29 is 5.11 Å². The van der Waals surface area contributed by atoms with Gasteiger partial charge in [0.25, 0.3) is 0 Å². The summed E-state index contributed by atoms with van der Waals surface area (Å²) < 4.78 is 0. The lowest BCUT2D eigenvalue weighted by molar-refractivity contribution is 0.485. The van der Waals surface area contributed by atoms with Gasteiger partial charge in [-0.15, -0.1) is 0 Å². The summed E-state index contributed by atoms with van der Waals surface area (Å²) in [5.41, 5.74) is 4.34. The SMILES string of the molecule is Cc1ccc(C(C)C)cc1-c1nc(C)c(O)s1. The van der Waals surface area contributed by atoms with Crippen molar-refractivity contribution in [3.05, 3.63) is 35.0 Å². The van der Waals surface area contributed by atoms with Crippen LogP contribution < -0.4 is 0 Å². The number of aromatic nitrogens is 1. The molecule has 0 aliphatic rings. The normalized spacial score (nSPS) is 11.1. The van der Waals surface area contributed by atoms with Crippen molar-refractivity contribution >= 4 is 11.3 Å². The van der Waals surface area contributed by atoms with Crippen LogP contribution in [-0.4, -0.2) is 10.1 Å². The van der Waals surface area contributed by atoms with Gasteiger partial charge in [-0.1, -0.05) is 37.3 Å². The van der Waals surface area contributed by atoms with Gasteiger partial charge in [-0.05, 0) is 37.0 Å². The van der Waals surface area contributed by atoms with Crippen LogP contribution in [0.2, 0.25) is 0 Å². The smallest absolute Gasteiger partial charge is 0.195 e. The number of benzene rings is 1. The van der Waals surface area contributed by atoms with E-state index in [0.717, 1.165) is 10.6 Å². The summed E-state index contributed by atoms with van der Waals surface area (Å²) in [7, 11) is 0. The highest BCUT2D eigenvalue weighted by Crippen LogP contribution is 2.35. The third-order valence-corrected chi connectivity index (χ3v) is 3.92. The van der Waals surface area contributed by atoms with Crippen LogP contribution in [0, 0.1) is 13.8 Å². The average molecular weight is 247 g/mol. The Kier molecular flexibility index (Phi) is 3.20. The van der Waals surface area contributed by atoms with Crippen molar-refractivity contribution in [2.24, 2.45) is 0 Å². The van der Waals surface area contributed by atoms with Gasteiger partial charge in [0, 0.05) is 5.56 Å². The van der Waals surface area contributed by atoms with Crippen molar-refractivity contribution in [3.63, 3.8) is 0 Å². The molecule has 0 spiro atoms. The summed E-state index contributed by atoms with van der Waals surface area (Å²) in [5, 5.41) is 10.8. The molecule has 90 valence electrons. The molecule has 1 N–H and O–H groups in total. The Labute approximate surface area is 106 Å². The summed E-state index contributed by atoms with van der Waals surface area (Å²) in [5.74, 6) is 0.504. The van der Waals surface area contributed by atoms with E-state index >= 15 is 0 Å². The van der Waals surface area contributed by atoms with E-state index in [1.165, 1.54) is 22.5 Å². The summed E-state index contributed by atoms with van der Waals surface area (Å²) in [6.07, 6.45) is 0. The van der Waals surface area contributed by atoms with Gasteiger partial charge in [0.2, 0.25) is 0 Å². The topological polar surface area (TPSA) is 33.1 Å². The van der Waals surface area contributed by atoms with Gasteiger partial charge in [-0.2, -0.15) is 0 Å². The summed E-state index contributed by atoms with van der Waals surface area (Å²) in [4.78, 5) is 4.41. The molecule has 0 bridgehead atoms. The molecule has 1 aromatic carbocycles. The largest absolute Gasteiger partial charge is 0.498 e. The zero-order chi connectivity index (χ0) is 12.6. The lowest BCUT2D eigenvalue weighted by atomic mass is 9.98. The van der Waals surface area contributed by atoms with Gasteiger partial charge >= 0.3 is 0 Å². The van der Waals surface area contributed by atoms with Gasteiger partial charge in [0.15, 0.2) is 5.06 Å². The third-order valence-electron chi connectivity index (χ3n) is 2.93. The lowest BCUT2D eigenvalue weighted by Gasteiger charge is -2.09. The Morgan fingerprint density at radius 2 is 1.94 bits per heavy atom. The zero-order valence-corrected chi connectivity index (χ0v) is 11.4. The van der Waals surface area contributed by atoms with Crippen LogP contribution in [0.5, 0.6) is 5.06 Å². The number of aromatic hydroxyl groups is 1. The molecule has 1 heterocycles. The van der Waals surface area contributed by atoms with E-state index in [-0.39, 0.29) is 0 Å². The highest BCUT2D eigenvalue weighted by Gasteiger charge is 2.11. The van der Waals surface area contributed by atoms with E-state index in [0.29, 0.717) is 16.7 Å². The minimum absolute atomic E-state index is 0.314. The summed E-state index contributed by atoms with van der Waals surface area (Å²) >= 11 is 1.35. The van der Waals surface area contributed by atoms with Crippen molar-refractivity contribution in [2.45, 2.75) is 33.6 Å². The average Bonchev–Trinajstić information content (AvgIpc) is 2.59. The molecule has 0 aliphatic carbocycles. The second-order valence-electron chi connectivity index (χ2n) is 4.64. The maximum absolute atomic E-state index is 9.63. The number of nitrogens with zero attached hydrogens (tertiary/aromatic N) is 1. The maximum Gasteiger partial charge on any atom is 0.195 e. The molecule has 3 heteroatoms. The predicted molar refractivity (Wildman–Crippen MR) is 72.8 cm³/mol. The van der Waals surface area contributed by atoms with Crippen LogP contribution in [-0.2, 0) is 0 Å². The highest BCUT2D eigenvalue weighted by molar-refractivity contribution is 7.16. The van der Waals surface area contributed by atoms with E-state index in [1.54, 1.807) is 0 Å². The first-order chi connectivity index (χ1) is 7.99. The Bertz CT molecular complexity index is 524. The molecule has 17 heavy (non-hydrogen) atoms. The molecular formula is C14H17NOS. The lowest BCUT2D eigenvalue weighted by Crippen LogP contribution is -1.90. The standard InChI is InChI=1S/C14H17NOS/c1-8(2)11-6-5-9(3)12(7-11)13-15-10(4)14(16)17-13/h5-8,16H,1-4H3. The first kappa shape index (κ1) is 12.1. The van der Waals surface area contributed by atoms with Crippen LogP contribution in [0.4, 0.5) is 0 Å². The first-order valence-electron chi connectivity index (χ1n) is 5.76. The molecular weight excluding hydrogens is 230 g/mol. The van der Waals surface area contributed by atoms with Gasteiger partial charge in [-0.3, -0.25) is 0 Å². The van der Waals surface area contributed by atoms with Crippen molar-refractivity contribution in [1.29, 1.82) is 0 Å². The molecule has 0 amide bonds. The predicted octanol–water partition coefficient (Wildman–Crippen LogP) is 4.26. The maximum atomic E-state index is 9.63. The summed E-state index contributed by atoms with van der Waals surface area (Å²) in [6, 6.07) is 6.46. The van der Waals surface area contributed by atoms with E-state index in [2.05, 4.69) is 44.0 Å². The second-order valence-corrected chi connectivity index (χ2v) is 5.62. The fraction of sp³-hybridized carbons (Fsp3) is 0.357. The van der Waals surface area contributed by atoms with E-state index in [1.807, 2.05) is 6.92 Å². The molecule has 2 aromatic rings. The molecule has 1 aromatic heterocycles. The number of thiazole rings is 1. The second kappa shape index (κ2) is 4.49. The minimum Gasteiger partial charge on any atom is -0.498 e. The fourth-order valence-corrected chi connectivity index (χ4v) is 2.62. The Morgan fingerprint density at radius 3 is 2.47 bits per heavy atom. The number of rotatable bonds is 2. The number of hydrogen-bond acceptors (Lipinski definition) is 3. The van der Waals surface area contributed by atoms with Gasteiger partial charge in [0.05, 0.1) is 5.69 Å². The quantitative estimate of drug-likeness (QED) is 0.860. The molecule has 0 saturated heterocycles. The molecule has 2 nitrogen and oxygen atoms in total. The molecule has 0 unspecified atom stereocenters. The summed E-state index contributed by atoms with van der Waals surface area (Å²) in [6.45, 7) is 8.27. The number of aryl methyl sites for hydroxylation is 2. The third kappa shape index (κ3) is 2.34. The molecule has 0 fully saturated rings. The van der Waals surface area contributed by atoms with E-state index in [9.17, 15) is 5.11 Å². The fourth-order valence-electron chi connectivity index (χ4n) is 1.73. The first-order valence-corrected chi connectivity index (χ1v) is 6.58. The number of hydrogen-bond donors (Lipinski definition) is 1. The highest BCUT2D eigenvalue weighted by atomic mass is 32.1.